The Morgan fingerprint density at radius 3 is 2.27 bits per heavy atom. The van der Waals surface area contributed by atoms with Crippen molar-refractivity contribution in [3.63, 3.8) is 0 Å². The SMILES string of the molecule is CN1CCC(N2CCN(S(=O)(=O)CCC[C@@H]3CCCN3S(=O)(=O)c3cccc4ccccc34)CC2)CC1. The standard InChI is InChI=1S/C27H40N4O4S2/c1-28-16-13-24(14-17-28)29-18-20-30(21-19-29)36(32,33)22-6-10-25-9-5-15-31(25)37(34,35)27-12-4-8-23-7-2-3-11-26(23)27/h2-4,7-8,11-12,24-25H,5-6,9-10,13-22H2,1H3/t25-/m0/s1. The van der Waals surface area contributed by atoms with E-state index in [4.69, 9.17) is 0 Å². The lowest BCUT2D eigenvalue weighted by atomic mass is 10.0. The molecule has 0 saturated carbocycles. The van der Waals surface area contributed by atoms with Crippen LogP contribution in [0.5, 0.6) is 0 Å². The Kier molecular flexibility index (Phi) is 8.24. The van der Waals surface area contributed by atoms with Crippen LogP contribution in [-0.2, 0) is 20.0 Å². The lowest BCUT2D eigenvalue weighted by molar-refractivity contribution is 0.0892. The van der Waals surface area contributed by atoms with E-state index in [1.165, 1.54) is 0 Å². The van der Waals surface area contributed by atoms with Crippen molar-refractivity contribution in [1.29, 1.82) is 0 Å². The molecule has 2 aromatic rings. The number of piperazine rings is 1. The Bertz CT molecular complexity index is 1280. The Morgan fingerprint density at radius 1 is 0.811 bits per heavy atom. The maximum atomic E-state index is 13.6. The van der Waals surface area contributed by atoms with Gasteiger partial charge in [-0.3, -0.25) is 4.90 Å². The van der Waals surface area contributed by atoms with Gasteiger partial charge >= 0.3 is 0 Å². The number of rotatable bonds is 8. The monoisotopic (exact) mass is 548 g/mol. The van der Waals surface area contributed by atoms with Crippen LogP contribution in [0.25, 0.3) is 10.8 Å². The zero-order chi connectivity index (χ0) is 26.0. The highest BCUT2D eigenvalue weighted by Gasteiger charge is 2.36. The molecule has 5 rings (SSSR count). The van der Waals surface area contributed by atoms with Crippen LogP contribution in [-0.4, -0.2) is 106 Å². The maximum absolute atomic E-state index is 13.6. The number of hydrogen-bond donors (Lipinski definition) is 0. The topological polar surface area (TPSA) is 81.2 Å². The summed E-state index contributed by atoms with van der Waals surface area (Å²) in [7, 11) is -4.84. The van der Waals surface area contributed by atoms with Gasteiger partial charge in [-0.25, -0.2) is 16.8 Å². The van der Waals surface area contributed by atoms with E-state index in [0.29, 0.717) is 43.4 Å². The van der Waals surface area contributed by atoms with Gasteiger partial charge in [0.25, 0.3) is 0 Å². The van der Waals surface area contributed by atoms with Gasteiger partial charge in [-0.1, -0.05) is 36.4 Å². The molecule has 0 N–H and O–H groups in total. The summed E-state index contributed by atoms with van der Waals surface area (Å²) >= 11 is 0. The number of sulfonamides is 2. The molecule has 0 bridgehead atoms. The molecule has 3 fully saturated rings. The summed E-state index contributed by atoms with van der Waals surface area (Å²) in [5.41, 5.74) is 0. The predicted molar refractivity (Wildman–Crippen MR) is 148 cm³/mol. The first kappa shape index (κ1) is 27.0. The minimum absolute atomic E-state index is 0.0832. The lowest BCUT2D eigenvalue weighted by Gasteiger charge is -2.41. The fraction of sp³-hybridized carbons (Fsp3) is 0.630. The van der Waals surface area contributed by atoms with Crippen LogP contribution in [0.3, 0.4) is 0 Å². The third-order valence-corrected chi connectivity index (χ3v) is 12.4. The van der Waals surface area contributed by atoms with Crippen molar-refractivity contribution in [2.24, 2.45) is 0 Å². The fourth-order valence-electron chi connectivity index (χ4n) is 6.30. The van der Waals surface area contributed by atoms with E-state index in [-0.39, 0.29) is 11.8 Å². The molecule has 0 amide bonds. The molecule has 204 valence electrons. The van der Waals surface area contributed by atoms with Crippen LogP contribution in [0, 0.1) is 0 Å². The smallest absolute Gasteiger partial charge is 0.243 e. The summed E-state index contributed by atoms with van der Waals surface area (Å²) < 4.78 is 56.7. The summed E-state index contributed by atoms with van der Waals surface area (Å²) in [4.78, 5) is 5.16. The second kappa shape index (κ2) is 11.3. The van der Waals surface area contributed by atoms with Crippen molar-refractivity contribution in [2.45, 2.75) is 55.5 Å². The molecular weight excluding hydrogens is 508 g/mol. The molecule has 3 aliphatic heterocycles. The van der Waals surface area contributed by atoms with Crippen LogP contribution in [0.1, 0.15) is 38.5 Å². The first-order valence-electron chi connectivity index (χ1n) is 13.7. The summed E-state index contributed by atoms with van der Waals surface area (Å²) in [5.74, 6) is 0.0832. The average Bonchev–Trinajstić information content (AvgIpc) is 3.38. The number of fused-ring (bicyclic) bond motifs is 1. The zero-order valence-electron chi connectivity index (χ0n) is 21.8. The highest BCUT2D eigenvalue weighted by molar-refractivity contribution is 7.89. The van der Waals surface area contributed by atoms with Crippen molar-refractivity contribution < 1.29 is 16.8 Å². The maximum Gasteiger partial charge on any atom is 0.243 e. The highest BCUT2D eigenvalue weighted by atomic mass is 32.2. The molecule has 10 heteroatoms. The van der Waals surface area contributed by atoms with E-state index in [1.807, 2.05) is 30.3 Å². The number of hydrogen-bond acceptors (Lipinski definition) is 6. The van der Waals surface area contributed by atoms with Crippen molar-refractivity contribution in [3.8, 4) is 0 Å². The van der Waals surface area contributed by atoms with Gasteiger partial charge in [-0.05, 0) is 70.1 Å². The second-order valence-corrected chi connectivity index (χ2v) is 14.8. The fourth-order valence-corrected chi connectivity index (χ4v) is 9.75. The first-order valence-corrected chi connectivity index (χ1v) is 16.7. The molecule has 1 atom stereocenters. The van der Waals surface area contributed by atoms with Crippen LogP contribution in [0.15, 0.2) is 47.4 Å². The summed E-state index contributed by atoms with van der Waals surface area (Å²) in [6, 6.07) is 13.4. The first-order chi connectivity index (χ1) is 17.8. The van der Waals surface area contributed by atoms with Gasteiger partial charge in [0.1, 0.15) is 0 Å². The van der Waals surface area contributed by atoms with E-state index in [9.17, 15) is 16.8 Å². The third kappa shape index (κ3) is 5.89. The van der Waals surface area contributed by atoms with Gasteiger partial charge in [-0.2, -0.15) is 8.61 Å². The largest absolute Gasteiger partial charge is 0.306 e. The Hall–Kier alpha value is -1.56. The van der Waals surface area contributed by atoms with Crippen LogP contribution >= 0.6 is 0 Å². The Balaban J connectivity index is 1.16. The van der Waals surface area contributed by atoms with Crippen LogP contribution < -0.4 is 0 Å². The Labute approximate surface area is 222 Å². The van der Waals surface area contributed by atoms with Crippen LogP contribution in [0.2, 0.25) is 0 Å². The third-order valence-electron chi connectivity index (χ3n) is 8.47. The Morgan fingerprint density at radius 2 is 1.51 bits per heavy atom. The van der Waals surface area contributed by atoms with Crippen molar-refractivity contribution in [3.05, 3.63) is 42.5 Å². The predicted octanol–water partition coefficient (Wildman–Crippen LogP) is 2.81. The number of likely N-dealkylation sites (tertiary alicyclic amines) is 1. The average molecular weight is 549 g/mol. The number of benzene rings is 2. The number of nitrogens with zero attached hydrogens (tertiary/aromatic N) is 4. The van der Waals surface area contributed by atoms with Crippen molar-refractivity contribution in [2.75, 3.05) is 58.6 Å². The van der Waals surface area contributed by atoms with E-state index >= 15 is 0 Å². The number of piperidine rings is 1. The van der Waals surface area contributed by atoms with Gasteiger partial charge in [0.05, 0.1) is 10.6 Å². The molecule has 0 unspecified atom stereocenters. The minimum atomic E-state index is -3.66. The van der Waals surface area contributed by atoms with Gasteiger partial charge in [0, 0.05) is 50.2 Å². The van der Waals surface area contributed by atoms with Crippen molar-refractivity contribution in [1.82, 2.24) is 18.4 Å². The van der Waals surface area contributed by atoms with E-state index in [1.54, 1.807) is 20.7 Å². The quantitative estimate of drug-likeness (QED) is 0.505. The van der Waals surface area contributed by atoms with Crippen molar-refractivity contribution >= 4 is 30.8 Å². The molecule has 3 saturated heterocycles. The minimum Gasteiger partial charge on any atom is -0.306 e. The van der Waals surface area contributed by atoms with Crippen LogP contribution in [0.4, 0.5) is 0 Å². The zero-order valence-corrected chi connectivity index (χ0v) is 23.5. The molecule has 2 aromatic carbocycles. The van der Waals surface area contributed by atoms with Gasteiger partial charge < -0.3 is 4.90 Å². The molecular formula is C27H40N4O4S2. The van der Waals surface area contributed by atoms with Gasteiger partial charge in [0.2, 0.25) is 20.0 Å². The molecule has 0 spiro atoms. The molecule has 37 heavy (non-hydrogen) atoms. The van der Waals surface area contributed by atoms with Gasteiger partial charge in [-0.15, -0.1) is 0 Å². The lowest BCUT2D eigenvalue weighted by Crippen LogP contribution is -2.54. The summed E-state index contributed by atoms with van der Waals surface area (Å²) in [6.45, 7) is 5.41. The molecule has 0 aliphatic carbocycles. The molecule has 3 aliphatic rings. The molecule has 0 radical (unpaired) electrons. The summed E-state index contributed by atoms with van der Waals surface area (Å²) in [6.07, 6.45) is 4.94. The molecule has 0 aromatic heterocycles. The second-order valence-electron chi connectivity index (χ2n) is 10.8. The highest BCUT2D eigenvalue weighted by Crippen LogP contribution is 2.32. The van der Waals surface area contributed by atoms with E-state index in [0.717, 1.165) is 62.6 Å². The molecule has 3 heterocycles. The van der Waals surface area contributed by atoms with Gasteiger partial charge in [0.15, 0.2) is 0 Å². The normalized spacial score (nSPS) is 24.2. The molecule has 8 nitrogen and oxygen atoms in total. The summed E-state index contributed by atoms with van der Waals surface area (Å²) in [5, 5.41) is 1.64. The van der Waals surface area contributed by atoms with E-state index in [2.05, 4.69) is 16.8 Å². The van der Waals surface area contributed by atoms with E-state index < -0.39 is 20.0 Å².